The van der Waals surface area contributed by atoms with Crippen LogP contribution in [0.5, 0.6) is 0 Å². The van der Waals surface area contributed by atoms with Crippen molar-refractivity contribution in [2.24, 2.45) is 5.92 Å². The number of carbonyl (C=O) groups excluding carboxylic acids is 1. The normalized spacial score (nSPS) is 18.8. The van der Waals surface area contributed by atoms with Gasteiger partial charge in [-0.25, -0.2) is 4.98 Å². The van der Waals surface area contributed by atoms with Crippen molar-refractivity contribution < 1.29 is 9.53 Å². The molecule has 7 heteroatoms. The molecule has 1 amide bonds. The van der Waals surface area contributed by atoms with E-state index < -0.39 is 0 Å². The fourth-order valence-electron chi connectivity index (χ4n) is 5.15. The number of amides is 1. The van der Waals surface area contributed by atoms with Crippen molar-refractivity contribution >= 4 is 11.6 Å². The Bertz CT molecular complexity index is 1140. The van der Waals surface area contributed by atoms with Gasteiger partial charge in [-0.15, -0.1) is 0 Å². The quantitative estimate of drug-likeness (QED) is 0.590. The first-order valence-electron chi connectivity index (χ1n) is 12.7. The number of rotatable bonds is 6. The topological polar surface area (TPSA) is 62.6 Å². The number of hydrogen-bond acceptors (Lipinski definition) is 5. The van der Waals surface area contributed by atoms with Crippen LogP contribution >= 0.6 is 0 Å². The Morgan fingerprint density at radius 3 is 2.60 bits per heavy atom. The molecule has 2 aromatic carbocycles. The fourth-order valence-corrected chi connectivity index (χ4v) is 5.15. The summed E-state index contributed by atoms with van der Waals surface area (Å²) in [6.45, 7) is 9.99. The molecule has 0 spiro atoms. The zero-order valence-corrected chi connectivity index (χ0v) is 20.7. The van der Waals surface area contributed by atoms with Crippen LogP contribution in [0.4, 0.5) is 5.69 Å². The molecule has 1 atom stereocenters. The molecule has 0 saturated carbocycles. The number of nitrogens with one attached hydrogen (secondary N) is 1. The van der Waals surface area contributed by atoms with Crippen LogP contribution in [0.2, 0.25) is 0 Å². The molecule has 35 heavy (non-hydrogen) atoms. The maximum atomic E-state index is 13.9. The zero-order valence-electron chi connectivity index (χ0n) is 20.7. The van der Waals surface area contributed by atoms with Gasteiger partial charge >= 0.3 is 0 Å². The summed E-state index contributed by atoms with van der Waals surface area (Å²) in [5.41, 5.74) is 4.50. The lowest BCUT2D eigenvalue weighted by Gasteiger charge is -2.37. The number of nitrogens with zero attached hydrogens (tertiary/aromatic N) is 4. The highest BCUT2D eigenvalue weighted by Crippen LogP contribution is 2.30. The van der Waals surface area contributed by atoms with Gasteiger partial charge in [0.2, 0.25) is 0 Å². The highest BCUT2D eigenvalue weighted by Gasteiger charge is 2.31. The van der Waals surface area contributed by atoms with E-state index in [1.54, 1.807) is 6.33 Å². The largest absolute Gasteiger partial charge is 0.378 e. The van der Waals surface area contributed by atoms with Gasteiger partial charge in [-0.2, -0.15) is 0 Å². The van der Waals surface area contributed by atoms with Crippen LogP contribution in [0.25, 0.3) is 16.9 Å². The van der Waals surface area contributed by atoms with Crippen LogP contribution in [-0.4, -0.2) is 72.3 Å². The van der Waals surface area contributed by atoms with Crippen molar-refractivity contribution in [3.63, 3.8) is 0 Å². The molecule has 5 rings (SSSR count). The first kappa shape index (κ1) is 23.6. The third-order valence-electron chi connectivity index (χ3n) is 6.86. The van der Waals surface area contributed by atoms with Crippen LogP contribution in [0, 0.1) is 5.92 Å². The molecule has 2 aliphatic heterocycles. The van der Waals surface area contributed by atoms with E-state index in [-0.39, 0.29) is 11.9 Å². The number of piperazine rings is 1. The highest BCUT2D eigenvalue weighted by molar-refractivity contribution is 5.99. The second kappa shape index (κ2) is 10.6. The van der Waals surface area contributed by atoms with Crippen molar-refractivity contribution in [1.82, 2.24) is 19.8 Å². The minimum Gasteiger partial charge on any atom is -0.378 e. The average Bonchev–Trinajstić information content (AvgIpc) is 3.35. The minimum absolute atomic E-state index is 0.0130. The second-order valence-electron chi connectivity index (χ2n) is 9.78. The number of aromatic nitrogens is 2. The van der Waals surface area contributed by atoms with Crippen molar-refractivity contribution in [1.29, 1.82) is 0 Å². The number of benzene rings is 2. The molecule has 0 bridgehead atoms. The van der Waals surface area contributed by atoms with Gasteiger partial charge in [-0.3, -0.25) is 9.36 Å². The summed E-state index contributed by atoms with van der Waals surface area (Å²) in [6.07, 6.45) is 2.77. The number of carbonyl (C=O) groups is 1. The summed E-state index contributed by atoms with van der Waals surface area (Å²) in [4.78, 5) is 23.0. The lowest BCUT2D eigenvalue weighted by Crippen LogP contribution is -2.54. The average molecular weight is 474 g/mol. The van der Waals surface area contributed by atoms with E-state index in [0.717, 1.165) is 68.4 Å². The summed E-state index contributed by atoms with van der Waals surface area (Å²) in [6, 6.07) is 18.8. The molecule has 0 radical (unpaired) electrons. The molecule has 3 aromatic rings. The van der Waals surface area contributed by atoms with E-state index in [2.05, 4.69) is 65.0 Å². The molecular weight excluding hydrogens is 438 g/mol. The van der Waals surface area contributed by atoms with E-state index in [1.165, 1.54) is 0 Å². The summed E-state index contributed by atoms with van der Waals surface area (Å²) < 4.78 is 7.59. The molecule has 1 aromatic heterocycles. The maximum absolute atomic E-state index is 13.9. The van der Waals surface area contributed by atoms with Crippen molar-refractivity contribution in [3.05, 3.63) is 66.6 Å². The van der Waals surface area contributed by atoms with Gasteiger partial charge in [0, 0.05) is 55.7 Å². The van der Waals surface area contributed by atoms with E-state index in [1.807, 2.05) is 23.1 Å². The standard InChI is InChI=1S/C28H35N5O2/c1-21(2)17-25-19-29-11-12-32(25)28(34)26-27(22-7-4-3-5-8-22)33(20-30-26)24-10-6-9-23(18-24)31-13-15-35-16-14-31/h3-10,18,20-21,25,29H,11-17,19H2,1-2H3. The number of anilines is 1. The molecule has 0 aliphatic carbocycles. The van der Waals surface area contributed by atoms with Gasteiger partial charge in [-0.1, -0.05) is 50.2 Å². The van der Waals surface area contributed by atoms with Crippen molar-refractivity contribution in [2.45, 2.75) is 26.3 Å². The minimum atomic E-state index is 0.0130. The number of morpholine rings is 1. The Kier molecular flexibility index (Phi) is 7.16. The Morgan fingerprint density at radius 1 is 1.06 bits per heavy atom. The van der Waals surface area contributed by atoms with Gasteiger partial charge < -0.3 is 19.9 Å². The van der Waals surface area contributed by atoms with Gasteiger partial charge in [0.25, 0.3) is 5.91 Å². The van der Waals surface area contributed by atoms with E-state index >= 15 is 0 Å². The summed E-state index contributed by atoms with van der Waals surface area (Å²) in [5, 5.41) is 3.46. The fraction of sp³-hybridized carbons (Fsp3) is 0.429. The SMILES string of the molecule is CC(C)CC1CNCCN1C(=O)c1ncn(-c2cccc(N3CCOCC3)c2)c1-c1ccccc1. The van der Waals surface area contributed by atoms with E-state index in [4.69, 9.17) is 9.72 Å². The second-order valence-corrected chi connectivity index (χ2v) is 9.78. The smallest absolute Gasteiger partial charge is 0.275 e. The number of imidazole rings is 1. The Labute approximate surface area is 207 Å². The van der Waals surface area contributed by atoms with Crippen LogP contribution < -0.4 is 10.2 Å². The predicted molar refractivity (Wildman–Crippen MR) is 139 cm³/mol. The molecule has 1 unspecified atom stereocenters. The predicted octanol–water partition coefficient (Wildman–Crippen LogP) is 3.84. The van der Waals surface area contributed by atoms with Crippen LogP contribution in [-0.2, 0) is 4.74 Å². The van der Waals surface area contributed by atoms with Crippen molar-refractivity contribution in [3.8, 4) is 16.9 Å². The molecule has 2 aliphatic rings. The monoisotopic (exact) mass is 473 g/mol. The zero-order chi connectivity index (χ0) is 24.2. The molecule has 7 nitrogen and oxygen atoms in total. The van der Waals surface area contributed by atoms with Crippen LogP contribution in [0.15, 0.2) is 60.9 Å². The van der Waals surface area contributed by atoms with Gasteiger partial charge in [0.05, 0.1) is 18.9 Å². The van der Waals surface area contributed by atoms with E-state index in [9.17, 15) is 4.79 Å². The Balaban J connectivity index is 1.54. The summed E-state index contributed by atoms with van der Waals surface area (Å²) in [5.74, 6) is 0.531. The van der Waals surface area contributed by atoms with E-state index in [0.29, 0.717) is 18.2 Å². The summed E-state index contributed by atoms with van der Waals surface area (Å²) in [7, 11) is 0. The third-order valence-corrected chi connectivity index (χ3v) is 6.86. The molecule has 184 valence electrons. The first-order chi connectivity index (χ1) is 17.1. The first-order valence-corrected chi connectivity index (χ1v) is 12.7. The number of hydrogen-bond donors (Lipinski definition) is 1. The summed E-state index contributed by atoms with van der Waals surface area (Å²) >= 11 is 0. The Hall–Kier alpha value is -3.16. The van der Waals surface area contributed by atoms with Gasteiger partial charge in [0.15, 0.2) is 5.69 Å². The Morgan fingerprint density at radius 2 is 1.83 bits per heavy atom. The molecule has 2 fully saturated rings. The van der Waals surface area contributed by atoms with Gasteiger partial charge in [0.1, 0.15) is 6.33 Å². The lowest BCUT2D eigenvalue weighted by atomic mass is 10.00. The third kappa shape index (κ3) is 5.11. The van der Waals surface area contributed by atoms with Gasteiger partial charge in [-0.05, 0) is 30.5 Å². The van der Waals surface area contributed by atoms with Crippen LogP contribution in [0.3, 0.4) is 0 Å². The maximum Gasteiger partial charge on any atom is 0.275 e. The lowest BCUT2D eigenvalue weighted by molar-refractivity contribution is 0.0605. The molecule has 2 saturated heterocycles. The van der Waals surface area contributed by atoms with Crippen molar-refractivity contribution in [2.75, 3.05) is 50.8 Å². The molecule has 1 N–H and O–H groups in total. The molecular formula is C28H35N5O2. The molecule has 3 heterocycles. The number of ether oxygens (including phenoxy) is 1. The van der Waals surface area contributed by atoms with Crippen LogP contribution in [0.1, 0.15) is 30.8 Å². The highest BCUT2D eigenvalue weighted by atomic mass is 16.5.